The van der Waals surface area contributed by atoms with E-state index in [9.17, 15) is 19.8 Å². The number of carboxylic acids is 2. The smallest absolute Gasteiger partial charge is 0.307 e. The van der Waals surface area contributed by atoms with Crippen molar-refractivity contribution in [1.29, 1.82) is 0 Å². The minimum atomic E-state index is -1.05. The quantitative estimate of drug-likeness (QED) is 0.717. The first-order valence-electron chi connectivity index (χ1n) is 5.81. The van der Waals surface area contributed by atoms with E-state index >= 15 is 0 Å². The summed E-state index contributed by atoms with van der Waals surface area (Å²) >= 11 is 0. The molecule has 0 radical (unpaired) electrons. The molecule has 3 aliphatic rings. The molecule has 3 rings (SSSR count). The molecule has 2 saturated carbocycles. The Kier molecular flexibility index (Phi) is 2.21. The van der Waals surface area contributed by atoms with Crippen molar-refractivity contribution >= 4 is 11.9 Å². The number of carboxylic acid groups (broad SMARTS) is 2. The van der Waals surface area contributed by atoms with Gasteiger partial charge in [-0.3, -0.25) is 9.59 Å². The number of hydrogen-bond acceptors (Lipinski definition) is 4. The highest BCUT2D eigenvalue weighted by atomic mass is 16.7. The third kappa shape index (κ3) is 1.22. The number of ether oxygens (including phenoxy) is 2. The molecule has 0 aromatic rings. The first kappa shape index (κ1) is 11.0. The van der Waals surface area contributed by atoms with Gasteiger partial charge in [-0.1, -0.05) is 0 Å². The molecule has 0 aromatic heterocycles. The Hall–Kier alpha value is -1.14. The SMILES string of the molecule is O=C(O)C1C(C(=O)O)C2CCC1C21OCCO1. The van der Waals surface area contributed by atoms with Crippen LogP contribution in [-0.2, 0) is 19.1 Å². The van der Waals surface area contributed by atoms with E-state index in [4.69, 9.17) is 9.47 Å². The standard InChI is InChI=1S/C11H14O6/c12-9(13)7-5-1-2-6(8(7)10(14)15)11(5)16-3-4-17-11/h5-8H,1-4H2,(H,12,13)(H,14,15). The summed E-state index contributed by atoms with van der Waals surface area (Å²) in [6.45, 7) is 0.845. The summed E-state index contributed by atoms with van der Waals surface area (Å²) in [7, 11) is 0. The lowest BCUT2D eigenvalue weighted by molar-refractivity contribution is -0.196. The Labute approximate surface area is 97.5 Å². The van der Waals surface area contributed by atoms with Crippen LogP contribution < -0.4 is 0 Å². The molecule has 2 N–H and O–H groups in total. The summed E-state index contributed by atoms with van der Waals surface area (Å²) < 4.78 is 11.2. The van der Waals surface area contributed by atoms with Crippen molar-refractivity contribution in [3.63, 3.8) is 0 Å². The van der Waals surface area contributed by atoms with Crippen molar-refractivity contribution in [2.24, 2.45) is 23.7 Å². The van der Waals surface area contributed by atoms with E-state index in [1.54, 1.807) is 0 Å². The highest BCUT2D eigenvalue weighted by Crippen LogP contribution is 2.61. The van der Waals surface area contributed by atoms with Crippen LogP contribution in [0.25, 0.3) is 0 Å². The van der Waals surface area contributed by atoms with Gasteiger partial charge in [0.2, 0.25) is 0 Å². The number of carbonyl (C=O) groups is 2. The molecule has 17 heavy (non-hydrogen) atoms. The van der Waals surface area contributed by atoms with Gasteiger partial charge in [-0.25, -0.2) is 0 Å². The van der Waals surface area contributed by atoms with E-state index < -0.39 is 29.6 Å². The lowest BCUT2D eigenvalue weighted by Crippen LogP contribution is -2.37. The van der Waals surface area contributed by atoms with Gasteiger partial charge in [0.05, 0.1) is 25.0 Å². The molecule has 4 atom stereocenters. The fourth-order valence-corrected chi connectivity index (χ4v) is 3.92. The zero-order chi connectivity index (χ0) is 12.2. The van der Waals surface area contributed by atoms with Gasteiger partial charge in [0, 0.05) is 11.8 Å². The largest absolute Gasteiger partial charge is 0.481 e. The minimum Gasteiger partial charge on any atom is -0.481 e. The molecule has 6 nitrogen and oxygen atoms in total. The van der Waals surface area contributed by atoms with Gasteiger partial charge < -0.3 is 19.7 Å². The van der Waals surface area contributed by atoms with Gasteiger partial charge in [-0.05, 0) is 12.8 Å². The van der Waals surface area contributed by atoms with Crippen LogP contribution in [0.15, 0.2) is 0 Å². The van der Waals surface area contributed by atoms with E-state index in [1.807, 2.05) is 0 Å². The first-order chi connectivity index (χ1) is 8.08. The second-order valence-electron chi connectivity index (χ2n) is 4.94. The zero-order valence-electron chi connectivity index (χ0n) is 9.17. The van der Waals surface area contributed by atoms with E-state index in [0.717, 1.165) is 0 Å². The van der Waals surface area contributed by atoms with Crippen LogP contribution in [0.2, 0.25) is 0 Å². The minimum absolute atomic E-state index is 0.325. The second-order valence-corrected chi connectivity index (χ2v) is 4.94. The number of hydrogen-bond donors (Lipinski definition) is 2. The van der Waals surface area contributed by atoms with E-state index in [0.29, 0.717) is 26.1 Å². The van der Waals surface area contributed by atoms with Crippen LogP contribution in [-0.4, -0.2) is 41.2 Å². The Morgan fingerprint density at radius 3 is 1.71 bits per heavy atom. The molecule has 1 aliphatic heterocycles. The van der Waals surface area contributed by atoms with Crippen LogP contribution in [0.3, 0.4) is 0 Å². The van der Waals surface area contributed by atoms with Crippen molar-refractivity contribution in [3.05, 3.63) is 0 Å². The fraction of sp³-hybridized carbons (Fsp3) is 0.818. The Bertz CT molecular complexity index is 342. The Morgan fingerprint density at radius 2 is 1.35 bits per heavy atom. The molecule has 6 heteroatoms. The van der Waals surface area contributed by atoms with Crippen molar-refractivity contribution < 1.29 is 29.3 Å². The molecule has 94 valence electrons. The summed E-state index contributed by atoms with van der Waals surface area (Å²) in [5.41, 5.74) is 0. The van der Waals surface area contributed by atoms with Crippen LogP contribution in [0.5, 0.6) is 0 Å². The van der Waals surface area contributed by atoms with Crippen LogP contribution in [0.1, 0.15) is 12.8 Å². The normalized spacial score (nSPS) is 42.1. The molecule has 0 aromatic carbocycles. The summed E-state index contributed by atoms with van der Waals surface area (Å²) in [5.74, 6) is -5.46. The van der Waals surface area contributed by atoms with Crippen molar-refractivity contribution in [2.45, 2.75) is 18.6 Å². The molecule has 1 spiro atoms. The Morgan fingerprint density at radius 1 is 0.941 bits per heavy atom. The van der Waals surface area contributed by atoms with Crippen molar-refractivity contribution in [3.8, 4) is 0 Å². The van der Waals surface area contributed by atoms with Crippen molar-refractivity contribution in [1.82, 2.24) is 0 Å². The summed E-state index contributed by atoms with van der Waals surface area (Å²) in [4.78, 5) is 22.5. The molecular weight excluding hydrogens is 228 g/mol. The summed E-state index contributed by atoms with van der Waals surface area (Å²) in [6.07, 6.45) is 1.34. The lowest BCUT2D eigenvalue weighted by Gasteiger charge is -2.27. The molecule has 1 saturated heterocycles. The van der Waals surface area contributed by atoms with Gasteiger partial charge in [0.15, 0.2) is 5.79 Å². The van der Waals surface area contributed by atoms with Crippen molar-refractivity contribution in [2.75, 3.05) is 13.2 Å². The second kappa shape index (κ2) is 3.43. The average Bonchev–Trinajstić information content (AvgIpc) is 2.94. The predicted octanol–water partition coefficient (Wildman–Crippen LogP) is 0.171. The van der Waals surface area contributed by atoms with Gasteiger partial charge in [-0.2, -0.15) is 0 Å². The topological polar surface area (TPSA) is 93.1 Å². The Balaban J connectivity index is 2.02. The molecular formula is C11H14O6. The average molecular weight is 242 g/mol. The third-order valence-electron chi connectivity index (χ3n) is 4.39. The van der Waals surface area contributed by atoms with Gasteiger partial charge >= 0.3 is 11.9 Å². The molecule has 4 unspecified atom stereocenters. The summed E-state index contributed by atoms with van der Waals surface area (Å²) in [6, 6.07) is 0. The lowest BCUT2D eigenvalue weighted by atomic mass is 9.79. The summed E-state index contributed by atoms with van der Waals surface area (Å²) in [5, 5.41) is 18.4. The van der Waals surface area contributed by atoms with E-state index in [1.165, 1.54) is 0 Å². The molecule has 2 aliphatic carbocycles. The van der Waals surface area contributed by atoms with Gasteiger partial charge in [0.1, 0.15) is 0 Å². The fourth-order valence-electron chi connectivity index (χ4n) is 3.92. The maximum atomic E-state index is 11.3. The van der Waals surface area contributed by atoms with Gasteiger partial charge in [-0.15, -0.1) is 0 Å². The third-order valence-corrected chi connectivity index (χ3v) is 4.39. The monoisotopic (exact) mass is 242 g/mol. The van der Waals surface area contributed by atoms with E-state index in [-0.39, 0.29) is 11.8 Å². The zero-order valence-corrected chi connectivity index (χ0v) is 9.17. The molecule has 0 amide bonds. The maximum Gasteiger partial charge on any atom is 0.307 e. The van der Waals surface area contributed by atoms with E-state index in [2.05, 4.69) is 0 Å². The van der Waals surface area contributed by atoms with Gasteiger partial charge in [0.25, 0.3) is 0 Å². The highest BCUT2D eigenvalue weighted by molar-refractivity contribution is 5.82. The highest BCUT2D eigenvalue weighted by Gasteiger charge is 2.70. The van der Waals surface area contributed by atoms with Crippen LogP contribution in [0.4, 0.5) is 0 Å². The number of rotatable bonds is 2. The molecule has 2 bridgehead atoms. The maximum absolute atomic E-state index is 11.3. The first-order valence-corrected chi connectivity index (χ1v) is 5.81. The van der Waals surface area contributed by atoms with Crippen LogP contribution in [0, 0.1) is 23.7 Å². The van der Waals surface area contributed by atoms with Crippen LogP contribution >= 0.6 is 0 Å². The molecule has 1 heterocycles. The predicted molar refractivity (Wildman–Crippen MR) is 53.1 cm³/mol. The molecule has 3 fully saturated rings. The number of aliphatic carboxylic acids is 2.